The fourth-order valence-corrected chi connectivity index (χ4v) is 4.35. The second kappa shape index (κ2) is 20.6. The first-order valence-corrected chi connectivity index (χ1v) is 15.2. The maximum Gasteiger partial charge on any atom is 0.304 e. The number of carboxylic acid groups (broad SMARTS) is 1. The molecule has 0 rings (SSSR count). The number of nitrogens with zero attached hydrogens (tertiary/aromatic N) is 3. The van der Waals surface area contributed by atoms with Gasteiger partial charge in [0.25, 0.3) is 10.1 Å². The molecule has 0 aliphatic carbocycles. The van der Waals surface area contributed by atoms with Crippen molar-refractivity contribution >= 4 is 22.0 Å². The molecule has 0 aromatic carbocycles. The van der Waals surface area contributed by atoms with Crippen LogP contribution in [0.3, 0.4) is 0 Å². The topological polar surface area (TPSA) is 157 Å². The number of nitrogens with one attached hydrogen (secondary N) is 1. The van der Waals surface area contributed by atoms with Crippen molar-refractivity contribution in [1.82, 2.24) is 20.0 Å². The van der Waals surface area contributed by atoms with Crippen LogP contribution < -0.4 is 11.1 Å². The molecule has 220 valence electrons. The first-order valence-electron chi connectivity index (χ1n) is 13.6. The maximum atomic E-state index is 12.4. The number of likely N-dealkylation sites (N-methyl/N-ethyl adjacent to an activating group) is 1. The van der Waals surface area contributed by atoms with E-state index in [1.54, 1.807) is 4.90 Å². The minimum atomic E-state index is -4.02. The van der Waals surface area contributed by atoms with Crippen LogP contribution >= 0.6 is 0 Å². The number of aliphatic carboxylic acids is 1. The van der Waals surface area contributed by atoms with Crippen LogP contribution in [-0.2, 0) is 19.7 Å². The Hall–Kier alpha value is -1.31. The minimum absolute atomic E-state index is 0.0238. The Balaban J connectivity index is 4.06. The highest BCUT2D eigenvalue weighted by Gasteiger charge is 2.17. The highest BCUT2D eigenvalue weighted by Crippen LogP contribution is 2.07. The van der Waals surface area contributed by atoms with Crippen molar-refractivity contribution in [3.8, 4) is 0 Å². The smallest absolute Gasteiger partial charge is 0.304 e. The second-order valence-electron chi connectivity index (χ2n) is 10.4. The summed E-state index contributed by atoms with van der Waals surface area (Å²) < 4.78 is 31.3. The monoisotopic (exact) mass is 551 g/mol. The molecule has 0 aromatic rings. The first-order chi connectivity index (χ1) is 17.3. The molecule has 0 radical (unpaired) electrons. The number of hydrogen-bond acceptors (Lipinski definition) is 8. The standard InChI is InChI=1S/C25H53N5O6S/c1-22(2)12-18-29(4)25(33)23(26)10-6-9-16-28(3)15-7-5-8-17-30(20-21-37(34,35)36)19-14-27-13-11-24(31)32/h22-23,27H,5-21,26H2,1-4H3,(H,31,32)(H,34,35,36). The number of carbonyl (C=O) groups is 2. The van der Waals surface area contributed by atoms with Gasteiger partial charge in [-0.2, -0.15) is 8.42 Å². The fraction of sp³-hybridized carbons (Fsp3) is 0.920. The van der Waals surface area contributed by atoms with Gasteiger partial charge in [0.1, 0.15) is 0 Å². The van der Waals surface area contributed by atoms with Gasteiger partial charge in [0.05, 0.1) is 18.2 Å². The van der Waals surface area contributed by atoms with Crippen LogP contribution in [0.2, 0.25) is 0 Å². The van der Waals surface area contributed by atoms with Crippen LogP contribution in [0.25, 0.3) is 0 Å². The van der Waals surface area contributed by atoms with Crippen LogP contribution in [0.1, 0.15) is 65.2 Å². The lowest BCUT2D eigenvalue weighted by Gasteiger charge is -2.23. The molecule has 1 atom stereocenters. The quantitative estimate of drug-likeness (QED) is 0.102. The normalized spacial score (nSPS) is 13.0. The number of rotatable bonds is 24. The Kier molecular flexibility index (Phi) is 19.9. The van der Waals surface area contributed by atoms with Crippen molar-refractivity contribution in [2.45, 2.75) is 71.3 Å². The zero-order valence-electron chi connectivity index (χ0n) is 23.5. The van der Waals surface area contributed by atoms with E-state index in [1.807, 2.05) is 11.9 Å². The third-order valence-electron chi connectivity index (χ3n) is 6.34. The van der Waals surface area contributed by atoms with E-state index in [9.17, 15) is 18.0 Å². The summed E-state index contributed by atoms with van der Waals surface area (Å²) in [7, 11) is -0.105. The average molecular weight is 552 g/mol. The van der Waals surface area contributed by atoms with Gasteiger partial charge in [-0.1, -0.05) is 26.7 Å². The van der Waals surface area contributed by atoms with Crippen molar-refractivity contribution in [3.05, 3.63) is 0 Å². The molecule has 37 heavy (non-hydrogen) atoms. The molecule has 0 saturated heterocycles. The highest BCUT2D eigenvalue weighted by molar-refractivity contribution is 7.85. The lowest BCUT2D eigenvalue weighted by Crippen LogP contribution is -2.42. The summed E-state index contributed by atoms with van der Waals surface area (Å²) in [4.78, 5) is 28.9. The lowest BCUT2D eigenvalue weighted by atomic mass is 10.1. The van der Waals surface area contributed by atoms with E-state index in [0.29, 0.717) is 32.0 Å². The summed E-state index contributed by atoms with van der Waals surface area (Å²) in [5.41, 5.74) is 6.10. The van der Waals surface area contributed by atoms with Gasteiger partial charge in [-0.3, -0.25) is 14.1 Å². The van der Waals surface area contributed by atoms with Gasteiger partial charge in [-0.25, -0.2) is 0 Å². The van der Waals surface area contributed by atoms with Crippen molar-refractivity contribution in [3.63, 3.8) is 0 Å². The largest absolute Gasteiger partial charge is 0.481 e. The Morgan fingerprint density at radius 3 is 2.08 bits per heavy atom. The molecule has 0 aliphatic heterocycles. The molecule has 1 unspecified atom stereocenters. The van der Waals surface area contributed by atoms with Crippen LogP contribution in [0.4, 0.5) is 0 Å². The summed E-state index contributed by atoms with van der Waals surface area (Å²) in [6.07, 6.45) is 6.57. The van der Waals surface area contributed by atoms with Gasteiger partial charge in [0.2, 0.25) is 5.91 Å². The molecular formula is C25H53N5O6S. The molecule has 1 amide bonds. The molecule has 11 nitrogen and oxygen atoms in total. The van der Waals surface area contributed by atoms with Crippen LogP contribution in [-0.4, -0.2) is 123 Å². The van der Waals surface area contributed by atoms with Gasteiger partial charge in [-0.05, 0) is 64.7 Å². The van der Waals surface area contributed by atoms with Crippen LogP contribution in [0, 0.1) is 5.92 Å². The number of nitrogens with two attached hydrogens (primary N) is 1. The molecule has 12 heteroatoms. The zero-order chi connectivity index (χ0) is 28.3. The number of amides is 1. The summed E-state index contributed by atoms with van der Waals surface area (Å²) in [5.74, 6) is -0.588. The van der Waals surface area contributed by atoms with Gasteiger partial charge < -0.3 is 30.9 Å². The summed E-state index contributed by atoms with van der Waals surface area (Å²) in [6, 6.07) is -0.432. The molecule has 0 spiro atoms. The van der Waals surface area contributed by atoms with Crippen LogP contribution in [0.15, 0.2) is 0 Å². The van der Waals surface area contributed by atoms with E-state index in [1.165, 1.54) is 0 Å². The third kappa shape index (κ3) is 22.4. The van der Waals surface area contributed by atoms with Crippen molar-refractivity contribution in [2.75, 3.05) is 72.2 Å². The molecule has 5 N–H and O–H groups in total. The first kappa shape index (κ1) is 35.7. The Labute approximate surface area is 224 Å². The van der Waals surface area contributed by atoms with E-state index < -0.39 is 22.1 Å². The number of hydrogen-bond donors (Lipinski definition) is 4. The van der Waals surface area contributed by atoms with Crippen molar-refractivity contribution < 1.29 is 27.7 Å². The number of carbonyl (C=O) groups excluding carboxylic acids is 1. The maximum absolute atomic E-state index is 12.4. The Morgan fingerprint density at radius 2 is 1.49 bits per heavy atom. The summed E-state index contributed by atoms with van der Waals surface area (Å²) in [5, 5.41) is 11.7. The molecule has 0 heterocycles. The van der Waals surface area contributed by atoms with E-state index in [0.717, 1.165) is 64.7 Å². The van der Waals surface area contributed by atoms with E-state index in [-0.39, 0.29) is 24.6 Å². The number of carboxylic acids is 1. The van der Waals surface area contributed by atoms with Crippen LogP contribution in [0.5, 0.6) is 0 Å². The molecular weight excluding hydrogens is 498 g/mol. The molecule has 0 fully saturated rings. The van der Waals surface area contributed by atoms with E-state index >= 15 is 0 Å². The van der Waals surface area contributed by atoms with Crippen molar-refractivity contribution in [1.29, 1.82) is 0 Å². The summed E-state index contributed by atoms with van der Waals surface area (Å²) >= 11 is 0. The predicted octanol–water partition coefficient (Wildman–Crippen LogP) is 1.34. The highest BCUT2D eigenvalue weighted by atomic mass is 32.2. The SMILES string of the molecule is CC(C)CCN(C)C(=O)C(N)CCCCN(C)CCCCCN(CCNCCC(=O)O)CCS(=O)(=O)O. The molecule has 0 bridgehead atoms. The fourth-order valence-electron chi connectivity index (χ4n) is 3.86. The molecule has 0 aromatic heterocycles. The zero-order valence-corrected chi connectivity index (χ0v) is 24.3. The average Bonchev–Trinajstić information content (AvgIpc) is 2.81. The van der Waals surface area contributed by atoms with Gasteiger partial charge >= 0.3 is 5.97 Å². The second-order valence-corrected chi connectivity index (χ2v) is 12.0. The molecule has 0 aliphatic rings. The minimum Gasteiger partial charge on any atom is -0.481 e. The summed E-state index contributed by atoms with van der Waals surface area (Å²) in [6.45, 7) is 9.43. The predicted molar refractivity (Wildman–Crippen MR) is 148 cm³/mol. The Morgan fingerprint density at radius 1 is 0.865 bits per heavy atom. The van der Waals surface area contributed by atoms with Gasteiger partial charge in [-0.15, -0.1) is 0 Å². The third-order valence-corrected chi connectivity index (χ3v) is 7.04. The number of unbranched alkanes of at least 4 members (excludes halogenated alkanes) is 3. The lowest BCUT2D eigenvalue weighted by molar-refractivity contribution is -0.137. The van der Waals surface area contributed by atoms with E-state index in [2.05, 4.69) is 31.1 Å². The Bertz CT molecular complexity index is 722. The van der Waals surface area contributed by atoms with Gasteiger partial charge in [0, 0.05) is 39.8 Å². The van der Waals surface area contributed by atoms with E-state index in [4.69, 9.17) is 15.4 Å². The van der Waals surface area contributed by atoms with Gasteiger partial charge in [0.15, 0.2) is 0 Å². The molecule has 0 saturated carbocycles. The van der Waals surface area contributed by atoms with Crippen molar-refractivity contribution in [2.24, 2.45) is 11.7 Å².